The zero-order valence-corrected chi connectivity index (χ0v) is 22.6. The van der Waals surface area contributed by atoms with Crippen LogP contribution in [0.2, 0.25) is 0 Å². The van der Waals surface area contributed by atoms with E-state index in [1.807, 2.05) is 31.2 Å². The van der Waals surface area contributed by atoms with Crippen molar-refractivity contribution in [2.75, 3.05) is 61.8 Å². The number of amides is 2. The van der Waals surface area contributed by atoms with E-state index in [0.717, 1.165) is 63.4 Å². The standard InChI is InChI=1S/C30H36N6O3/c1-21-7-10-28(32-20-21)34-29(37)24-5-3-4-6-26(24)33-30(38)25-9-8-22(36-17-15-35(2)16-18-36)19-27(25)39-23-11-13-31-14-12-23/h3-10,19-20,23,31H,11-18H2,1-2H3,(H,33,38)(H,32,34,37). The summed E-state index contributed by atoms with van der Waals surface area (Å²) in [4.78, 5) is 35.6. The van der Waals surface area contributed by atoms with Crippen molar-refractivity contribution in [1.82, 2.24) is 15.2 Å². The van der Waals surface area contributed by atoms with Gasteiger partial charge >= 0.3 is 0 Å². The number of rotatable bonds is 7. The Morgan fingerprint density at radius 2 is 1.67 bits per heavy atom. The number of aryl methyl sites for hydroxylation is 1. The van der Waals surface area contributed by atoms with Crippen LogP contribution in [0.1, 0.15) is 39.1 Å². The van der Waals surface area contributed by atoms with Crippen molar-refractivity contribution >= 4 is 29.0 Å². The van der Waals surface area contributed by atoms with Crippen molar-refractivity contribution in [2.45, 2.75) is 25.9 Å². The zero-order chi connectivity index (χ0) is 27.2. The molecule has 3 N–H and O–H groups in total. The largest absolute Gasteiger partial charge is 0.489 e. The fourth-order valence-electron chi connectivity index (χ4n) is 4.86. The van der Waals surface area contributed by atoms with Gasteiger partial charge in [0.05, 0.1) is 16.8 Å². The van der Waals surface area contributed by atoms with E-state index in [1.165, 1.54) is 0 Å². The van der Waals surface area contributed by atoms with Crippen LogP contribution in [0, 0.1) is 6.92 Å². The molecule has 2 aliphatic heterocycles. The third-order valence-electron chi connectivity index (χ3n) is 7.23. The summed E-state index contributed by atoms with van der Waals surface area (Å²) in [7, 11) is 2.13. The van der Waals surface area contributed by atoms with Gasteiger partial charge in [0.2, 0.25) is 0 Å². The highest BCUT2D eigenvalue weighted by atomic mass is 16.5. The summed E-state index contributed by atoms with van der Waals surface area (Å²) in [5, 5.41) is 9.12. The number of likely N-dealkylation sites (N-methyl/N-ethyl adjacent to an activating group) is 1. The fraction of sp³-hybridized carbons (Fsp3) is 0.367. The number of piperazine rings is 1. The van der Waals surface area contributed by atoms with E-state index in [2.05, 4.69) is 37.8 Å². The molecule has 0 saturated carbocycles. The van der Waals surface area contributed by atoms with Crippen LogP contribution in [0.3, 0.4) is 0 Å². The predicted octanol–water partition coefficient (Wildman–Crippen LogP) is 3.78. The number of nitrogens with one attached hydrogen (secondary N) is 3. The van der Waals surface area contributed by atoms with E-state index in [4.69, 9.17) is 4.74 Å². The lowest BCUT2D eigenvalue weighted by molar-refractivity contribution is 0.101. The normalized spacial score (nSPS) is 16.5. The molecule has 3 aromatic rings. The van der Waals surface area contributed by atoms with Crippen molar-refractivity contribution in [1.29, 1.82) is 0 Å². The second-order valence-electron chi connectivity index (χ2n) is 10.2. The second kappa shape index (κ2) is 12.3. The van der Waals surface area contributed by atoms with Gasteiger partial charge in [-0.25, -0.2) is 4.98 Å². The first-order valence-electron chi connectivity index (χ1n) is 13.6. The van der Waals surface area contributed by atoms with E-state index in [9.17, 15) is 9.59 Å². The maximum absolute atomic E-state index is 13.6. The van der Waals surface area contributed by atoms with Crippen LogP contribution < -0.4 is 25.6 Å². The Morgan fingerprint density at radius 3 is 2.41 bits per heavy atom. The number of benzene rings is 2. The Morgan fingerprint density at radius 1 is 0.923 bits per heavy atom. The van der Waals surface area contributed by atoms with E-state index in [0.29, 0.717) is 28.4 Å². The van der Waals surface area contributed by atoms with Gasteiger partial charge in [0.25, 0.3) is 11.8 Å². The molecular weight excluding hydrogens is 492 g/mol. The van der Waals surface area contributed by atoms with Crippen LogP contribution in [0.25, 0.3) is 0 Å². The van der Waals surface area contributed by atoms with Crippen LogP contribution >= 0.6 is 0 Å². The van der Waals surface area contributed by atoms with Gasteiger partial charge in [-0.05, 0) is 75.8 Å². The summed E-state index contributed by atoms with van der Waals surface area (Å²) in [6.45, 7) is 7.54. The Labute approximate surface area is 229 Å². The number of carbonyl (C=O) groups is 2. The minimum atomic E-state index is -0.348. The highest BCUT2D eigenvalue weighted by molar-refractivity contribution is 6.13. The SMILES string of the molecule is Cc1ccc(NC(=O)c2ccccc2NC(=O)c2ccc(N3CCN(C)CC3)cc2OC2CCNCC2)nc1. The molecule has 3 heterocycles. The molecule has 5 rings (SSSR count). The fourth-order valence-corrected chi connectivity index (χ4v) is 4.86. The first-order chi connectivity index (χ1) is 19.0. The van der Waals surface area contributed by atoms with Crippen LogP contribution in [0.4, 0.5) is 17.2 Å². The van der Waals surface area contributed by atoms with Crippen LogP contribution in [0.15, 0.2) is 60.8 Å². The number of piperidine rings is 1. The molecule has 0 spiro atoms. The minimum Gasteiger partial charge on any atom is -0.489 e. The third kappa shape index (κ3) is 6.74. The zero-order valence-electron chi connectivity index (χ0n) is 22.6. The van der Waals surface area contributed by atoms with Crippen molar-refractivity contribution in [2.24, 2.45) is 0 Å². The van der Waals surface area contributed by atoms with Gasteiger partial charge < -0.3 is 30.5 Å². The first-order valence-corrected chi connectivity index (χ1v) is 13.6. The number of ether oxygens (including phenoxy) is 1. The van der Waals surface area contributed by atoms with Crippen molar-refractivity contribution in [3.8, 4) is 5.75 Å². The Hall–Kier alpha value is -3.95. The molecule has 2 aromatic carbocycles. The Kier molecular flexibility index (Phi) is 8.39. The number of aromatic nitrogens is 1. The van der Waals surface area contributed by atoms with Gasteiger partial charge in [-0.1, -0.05) is 18.2 Å². The summed E-state index contributed by atoms with van der Waals surface area (Å²) in [6.07, 6.45) is 3.51. The lowest BCUT2D eigenvalue weighted by Gasteiger charge is -2.34. The van der Waals surface area contributed by atoms with E-state index in [-0.39, 0.29) is 17.9 Å². The molecule has 204 valence electrons. The lowest BCUT2D eigenvalue weighted by atomic mass is 10.1. The summed E-state index contributed by atoms with van der Waals surface area (Å²) < 4.78 is 6.44. The summed E-state index contributed by atoms with van der Waals surface area (Å²) in [6, 6.07) is 16.4. The molecule has 0 bridgehead atoms. The van der Waals surface area contributed by atoms with E-state index in [1.54, 1.807) is 36.5 Å². The van der Waals surface area contributed by atoms with Crippen LogP contribution in [0.5, 0.6) is 5.75 Å². The molecule has 0 aliphatic carbocycles. The van der Waals surface area contributed by atoms with Crippen LogP contribution in [-0.4, -0.2) is 74.1 Å². The smallest absolute Gasteiger partial charge is 0.259 e. The highest BCUT2D eigenvalue weighted by Gasteiger charge is 2.23. The third-order valence-corrected chi connectivity index (χ3v) is 7.23. The number of pyridine rings is 1. The van der Waals surface area contributed by atoms with Gasteiger partial charge in [0, 0.05) is 44.1 Å². The highest BCUT2D eigenvalue weighted by Crippen LogP contribution is 2.30. The number of nitrogens with zero attached hydrogens (tertiary/aromatic N) is 3. The molecule has 0 radical (unpaired) electrons. The van der Waals surface area contributed by atoms with Gasteiger partial charge in [0.1, 0.15) is 17.7 Å². The van der Waals surface area contributed by atoms with Crippen molar-refractivity contribution < 1.29 is 14.3 Å². The van der Waals surface area contributed by atoms with Gasteiger partial charge in [-0.15, -0.1) is 0 Å². The molecular formula is C30H36N6O3. The monoisotopic (exact) mass is 528 g/mol. The van der Waals surface area contributed by atoms with E-state index >= 15 is 0 Å². The summed E-state index contributed by atoms with van der Waals surface area (Å²) in [5.41, 5.74) is 3.27. The summed E-state index contributed by atoms with van der Waals surface area (Å²) in [5.74, 6) is 0.349. The molecule has 0 unspecified atom stereocenters. The molecule has 1 aromatic heterocycles. The number of hydrogen-bond acceptors (Lipinski definition) is 7. The Bertz CT molecular complexity index is 1300. The van der Waals surface area contributed by atoms with Gasteiger partial charge in [0.15, 0.2) is 0 Å². The van der Waals surface area contributed by atoms with Crippen LogP contribution in [-0.2, 0) is 0 Å². The van der Waals surface area contributed by atoms with Crippen molar-refractivity contribution in [3.63, 3.8) is 0 Å². The van der Waals surface area contributed by atoms with Gasteiger partial charge in [-0.3, -0.25) is 9.59 Å². The maximum atomic E-state index is 13.6. The number of hydrogen-bond donors (Lipinski definition) is 3. The van der Waals surface area contributed by atoms with E-state index < -0.39 is 0 Å². The minimum absolute atomic E-state index is 0.0422. The number of para-hydroxylation sites is 1. The molecule has 39 heavy (non-hydrogen) atoms. The first kappa shape index (κ1) is 26.6. The molecule has 0 atom stereocenters. The van der Waals surface area contributed by atoms with Crippen molar-refractivity contribution in [3.05, 3.63) is 77.5 Å². The molecule has 2 aliphatic rings. The summed E-state index contributed by atoms with van der Waals surface area (Å²) >= 11 is 0. The maximum Gasteiger partial charge on any atom is 0.259 e. The molecule has 9 nitrogen and oxygen atoms in total. The average molecular weight is 529 g/mol. The molecule has 9 heteroatoms. The molecule has 2 amide bonds. The quantitative estimate of drug-likeness (QED) is 0.429. The lowest BCUT2D eigenvalue weighted by Crippen LogP contribution is -2.44. The molecule has 2 saturated heterocycles. The van der Waals surface area contributed by atoms with Gasteiger partial charge in [-0.2, -0.15) is 0 Å². The predicted molar refractivity (Wildman–Crippen MR) is 154 cm³/mol. The second-order valence-corrected chi connectivity index (χ2v) is 10.2. The number of anilines is 3. The Balaban J connectivity index is 1.37. The average Bonchev–Trinajstić information content (AvgIpc) is 2.95. The topological polar surface area (TPSA) is 98.8 Å². The molecule has 2 fully saturated rings. The number of carbonyl (C=O) groups excluding carboxylic acids is 2.